The Hall–Kier alpha value is -2.63. The van der Waals surface area contributed by atoms with Gasteiger partial charge in [-0.3, -0.25) is 4.90 Å². The maximum atomic E-state index is 13.1. The first-order valence-electron chi connectivity index (χ1n) is 9.20. The smallest absolute Gasteiger partial charge is 0.413 e. The normalized spacial score (nSPS) is 17.5. The van der Waals surface area contributed by atoms with E-state index in [0.29, 0.717) is 12.4 Å². The number of carbonyl (C=O) groups excluding carboxylic acids is 1. The van der Waals surface area contributed by atoms with Gasteiger partial charge >= 0.3 is 6.09 Å². The minimum Gasteiger partial charge on any atom is -0.453 e. The number of ether oxygens (including phenoxy) is 2. The molecule has 1 aliphatic rings. The van der Waals surface area contributed by atoms with Crippen molar-refractivity contribution < 1.29 is 18.7 Å². The summed E-state index contributed by atoms with van der Waals surface area (Å²) in [5, 5.41) is 0. The van der Waals surface area contributed by atoms with Gasteiger partial charge in [-0.2, -0.15) is 0 Å². The van der Waals surface area contributed by atoms with Crippen LogP contribution in [0.4, 0.5) is 9.18 Å². The van der Waals surface area contributed by atoms with Gasteiger partial charge < -0.3 is 9.47 Å². The Morgan fingerprint density at radius 1 is 1.11 bits per heavy atom. The number of carbonyl (C=O) groups is 1. The largest absolute Gasteiger partial charge is 0.453 e. The number of nitrogens with zero attached hydrogens (tertiary/aromatic N) is 2. The second kappa shape index (κ2) is 7.94. The number of hydrogen-bond donors (Lipinski definition) is 0. The molecule has 2 heterocycles. The lowest BCUT2D eigenvalue weighted by molar-refractivity contribution is -0.0355. The highest BCUT2D eigenvalue weighted by molar-refractivity contribution is 5.68. The topological polar surface area (TPSA) is 51.7 Å². The van der Waals surface area contributed by atoms with Gasteiger partial charge in [0.15, 0.2) is 6.23 Å². The third kappa shape index (κ3) is 5.18. The number of halogens is 1. The summed E-state index contributed by atoms with van der Waals surface area (Å²) in [6.45, 7) is 6.15. The van der Waals surface area contributed by atoms with Gasteiger partial charge in [0.05, 0.1) is 0 Å². The highest BCUT2D eigenvalue weighted by Crippen LogP contribution is 2.25. The van der Waals surface area contributed by atoms with E-state index >= 15 is 0 Å². The molecule has 1 atom stereocenters. The van der Waals surface area contributed by atoms with E-state index in [0.717, 1.165) is 30.4 Å². The maximum Gasteiger partial charge on any atom is 0.413 e. The molecule has 1 aromatic carbocycles. The first-order chi connectivity index (χ1) is 12.8. The van der Waals surface area contributed by atoms with Crippen LogP contribution in [0.5, 0.6) is 5.88 Å². The van der Waals surface area contributed by atoms with E-state index in [4.69, 9.17) is 9.47 Å². The van der Waals surface area contributed by atoms with Crippen LogP contribution in [0.25, 0.3) is 11.1 Å². The second-order valence-corrected chi connectivity index (χ2v) is 7.63. The average Bonchev–Trinajstić information content (AvgIpc) is 2.62. The Morgan fingerprint density at radius 2 is 1.81 bits per heavy atom. The second-order valence-electron chi connectivity index (χ2n) is 7.63. The molecular formula is C21H25FN2O3. The predicted molar refractivity (Wildman–Crippen MR) is 101 cm³/mol. The van der Waals surface area contributed by atoms with Crippen LogP contribution >= 0.6 is 0 Å². The van der Waals surface area contributed by atoms with Gasteiger partial charge in [-0.05, 0) is 57.4 Å². The summed E-state index contributed by atoms with van der Waals surface area (Å²) in [6, 6.07) is 9.88. The number of rotatable bonds is 3. The summed E-state index contributed by atoms with van der Waals surface area (Å²) in [6.07, 6.45) is 3.57. The van der Waals surface area contributed by atoms with Crippen LogP contribution in [-0.4, -0.2) is 34.4 Å². The van der Waals surface area contributed by atoms with Crippen molar-refractivity contribution in [1.82, 2.24) is 9.88 Å². The van der Waals surface area contributed by atoms with Crippen LogP contribution in [0.1, 0.15) is 40.0 Å². The minimum atomic E-state index is -0.547. The van der Waals surface area contributed by atoms with Gasteiger partial charge in [0.2, 0.25) is 5.88 Å². The van der Waals surface area contributed by atoms with Gasteiger partial charge in [-0.25, -0.2) is 14.2 Å². The van der Waals surface area contributed by atoms with Crippen molar-refractivity contribution in [1.29, 1.82) is 0 Å². The Labute approximate surface area is 159 Å². The standard InChI is InChI=1S/C21H25FN2O3/c1-21(2,3)27-20(25)24-13-5-4-6-19(24)26-18-12-9-16(14-23-18)15-7-10-17(22)11-8-15/h7-12,14,19H,4-6,13H2,1-3H3. The number of benzene rings is 1. The minimum absolute atomic E-state index is 0.272. The number of likely N-dealkylation sites (tertiary alicyclic amines) is 1. The number of amides is 1. The molecule has 0 saturated carbocycles. The molecular weight excluding hydrogens is 347 g/mol. The Kier molecular flexibility index (Phi) is 5.63. The number of aromatic nitrogens is 1. The van der Waals surface area contributed by atoms with E-state index in [2.05, 4.69) is 4.98 Å². The summed E-state index contributed by atoms with van der Waals surface area (Å²) in [5.41, 5.74) is 1.20. The molecule has 0 radical (unpaired) electrons. The Balaban J connectivity index is 1.69. The van der Waals surface area contributed by atoms with Crippen LogP contribution in [-0.2, 0) is 4.74 Å². The quantitative estimate of drug-likeness (QED) is 0.760. The molecule has 144 valence electrons. The van der Waals surface area contributed by atoms with E-state index in [1.54, 1.807) is 29.3 Å². The van der Waals surface area contributed by atoms with Gasteiger partial charge in [-0.15, -0.1) is 0 Å². The van der Waals surface area contributed by atoms with Crippen molar-refractivity contribution in [2.24, 2.45) is 0 Å². The van der Waals surface area contributed by atoms with Gasteiger partial charge in [0, 0.05) is 30.8 Å². The zero-order valence-corrected chi connectivity index (χ0v) is 15.9. The van der Waals surface area contributed by atoms with Crippen molar-refractivity contribution >= 4 is 6.09 Å². The molecule has 0 bridgehead atoms. The lowest BCUT2D eigenvalue weighted by Gasteiger charge is -2.36. The highest BCUT2D eigenvalue weighted by Gasteiger charge is 2.32. The first-order valence-corrected chi connectivity index (χ1v) is 9.20. The lowest BCUT2D eigenvalue weighted by atomic mass is 10.1. The van der Waals surface area contributed by atoms with Crippen molar-refractivity contribution in [3.8, 4) is 17.0 Å². The summed E-state index contributed by atoms with van der Waals surface area (Å²) in [7, 11) is 0. The van der Waals surface area contributed by atoms with Crippen molar-refractivity contribution in [2.75, 3.05) is 6.54 Å². The van der Waals surface area contributed by atoms with E-state index in [1.807, 2.05) is 26.8 Å². The molecule has 5 nitrogen and oxygen atoms in total. The van der Waals surface area contributed by atoms with E-state index in [-0.39, 0.29) is 11.9 Å². The molecule has 1 saturated heterocycles. The number of pyridine rings is 1. The first kappa shape index (κ1) is 19.1. The predicted octanol–water partition coefficient (Wildman–Crippen LogP) is 5.01. The van der Waals surface area contributed by atoms with Crippen molar-refractivity contribution in [3.05, 3.63) is 48.4 Å². The van der Waals surface area contributed by atoms with Crippen LogP contribution in [0.2, 0.25) is 0 Å². The zero-order chi connectivity index (χ0) is 19.4. The van der Waals surface area contributed by atoms with Crippen LogP contribution in [0.15, 0.2) is 42.6 Å². The van der Waals surface area contributed by atoms with Gasteiger partial charge in [0.1, 0.15) is 11.4 Å². The molecule has 1 aromatic heterocycles. The monoisotopic (exact) mass is 372 g/mol. The summed E-state index contributed by atoms with van der Waals surface area (Å²) < 4.78 is 24.5. The fourth-order valence-corrected chi connectivity index (χ4v) is 2.96. The average molecular weight is 372 g/mol. The summed E-state index contributed by atoms with van der Waals surface area (Å²) >= 11 is 0. The summed E-state index contributed by atoms with van der Waals surface area (Å²) in [4.78, 5) is 18.4. The molecule has 1 aliphatic heterocycles. The maximum absolute atomic E-state index is 13.1. The van der Waals surface area contributed by atoms with Crippen molar-refractivity contribution in [3.63, 3.8) is 0 Å². The van der Waals surface area contributed by atoms with Crippen LogP contribution < -0.4 is 4.74 Å². The third-order valence-electron chi connectivity index (χ3n) is 4.25. The van der Waals surface area contributed by atoms with Crippen LogP contribution in [0, 0.1) is 5.82 Å². The molecule has 6 heteroatoms. The number of hydrogen-bond acceptors (Lipinski definition) is 4. The molecule has 0 N–H and O–H groups in total. The lowest BCUT2D eigenvalue weighted by Crippen LogP contribution is -2.48. The molecule has 2 aromatic rings. The SMILES string of the molecule is CC(C)(C)OC(=O)N1CCCCC1Oc1ccc(-c2ccc(F)cc2)cn1. The van der Waals surface area contributed by atoms with Crippen molar-refractivity contribution in [2.45, 2.75) is 51.9 Å². The number of piperidine rings is 1. The fraction of sp³-hybridized carbons (Fsp3) is 0.429. The van der Waals surface area contributed by atoms with Gasteiger partial charge in [-0.1, -0.05) is 12.1 Å². The Bertz CT molecular complexity index is 770. The third-order valence-corrected chi connectivity index (χ3v) is 4.25. The molecule has 1 fully saturated rings. The molecule has 0 aliphatic carbocycles. The Morgan fingerprint density at radius 3 is 2.44 bits per heavy atom. The molecule has 1 unspecified atom stereocenters. The fourth-order valence-electron chi connectivity index (χ4n) is 2.96. The molecule has 0 spiro atoms. The van der Waals surface area contributed by atoms with Gasteiger partial charge in [0.25, 0.3) is 0 Å². The van der Waals surface area contributed by atoms with Crippen LogP contribution in [0.3, 0.4) is 0 Å². The highest BCUT2D eigenvalue weighted by atomic mass is 19.1. The van der Waals surface area contributed by atoms with E-state index in [1.165, 1.54) is 12.1 Å². The zero-order valence-electron chi connectivity index (χ0n) is 15.9. The van der Waals surface area contributed by atoms with E-state index in [9.17, 15) is 9.18 Å². The van der Waals surface area contributed by atoms with E-state index < -0.39 is 11.8 Å². The molecule has 3 rings (SSSR count). The molecule has 27 heavy (non-hydrogen) atoms. The summed E-state index contributed by atoms with van der Waals surface area (Å²) in [5.74, 6) is 0.174. The molecule has 1 amide bonds.